The van der Waals surface area contributed by atoms with Crippen LogP contribution in [0.4, 0.5) is 0 Å². The Bertz CT molecular complexity index is 3780. The van der Waals surface area contributed by atoms with E-state index in [0.717, 1.165) is 0 Å². The van der Waals surface area contributed by atoms with Crippen LogP contribution in [-0.4, -0.2) is 0 Å². The lowest BCUT2D eigenvalue weighted by Gasteiger charge is -2.22. The van der Waals surface area contributed by atoms with E-state index in [2.05, 4.69) is 234 Å². The molecule has 64 heavy (non-hydrogen) atoms. The largest absolute Gasteiger partial charge is 0.0619 e. The van der Waals surface area contributed by atoms with Crippen LogP contribution in [0.1, 0.15) is 49.9 Å². The van der Waals surface area contributed by atoms with E-state index >= 15 is 0 Å². The molecule has 0 unspecified atom stereocenters. The molecule has 0 aliphatic heterocycles. The van der Waals surface area contributed by atoms with Gasteiger partial charge in [0.2, 0.25) is 0 Å². The smallest absolute Gasteiger partial charge is 0.0159 e. The van der Waals surface area contributed by atoms with Crippen LogP contribution in [0.15, 0.2) is 206 Å². The third-order valence-corrected chi connectivity index (χ3v) is 15.0. The normalized spacial score (nSPS) is 14.2. The van der Waals surface area contributed by atoms with Gasteiger partial charge in [-0.2, -0.15) is 0 Å². The lowest BCUT2D eigenvalue weighted by atomic mass is 9.81. The highest BCUT2D eigenvalue weighted by molar-refractivity contribution is 6.30. The molecule has 0 atom stereocenters. The summed E-state index contributed by atoms with van der Waals surface area (Å²) in [6.07, 6.45) is 0. The molecular weight excluding hydrogens is 769 g/mol. The van der Waals surface area contributed by atoms with E-state index in [1.165, 1.54) is 132 Å². The summed E-state index contributed by atoms with van der Waals surface area (Å²) in [6, 6.07) is 78.0. The molecule has 2 aliphatic rings. The molecule has 0 amide bonds. The zero-order valence-electron chi connectivity index (χ0n) is 36.6. The van der Waals surface area contributed by atoms with Gasteiger partial charge in [-0.25, -0.2) is 0 Å². The van der Waals surface area contributed by atoms with Crippen LogP contribution in [0.25, 0.3) is 110 Å². The fourth-order valence-corrected chi connectivity index (χ4v) is 11.7. The summed E-state index contributed by atoms with van der Waals surface area (Å²) in [5.41, 5.74) is 20.8. The summed E-state index contributed by atoms with van der Waals surface area (Å²) >= 11 is 0. The molecule has 11 aromatic rings. The minimum absolute atomic E-state index is 0.0436. The maximum Gasteiger partial charge on any atom is 0.0159 e. The number of benzene rings is 11. The van der Waals surface area contributed by atoms with Gasteiger partial charge in [-0.1, -0.05) is 198 Å². The van der Waals surface area contributed by atoms with Gasteiger partial charge in [0.05, 0.1) is 0 Å². The van der Waals surface area contributed by atoms with Crippen LogP contribution < -0.4 is 0 Å². The minimum Gasteiger partial charge on any atom is -0.0619 e. The Morgan fingerprint density at radius 1 is 0.234 bits per heavy atom. The van der Waals surface area contributed by atoms with Crippen molar-refractivity contribution in [1.29, 1.82) is 0 Å². The zero-order chi connectivity index (χ0) is 42.9. The van der Waals surface area contributed by atoms with Crippen molar-refractivity contribution in [2.75, 3.05) is 0 Å². The number of fused-ring (bicyclic) bond motifs is 13. The van der Waals surface area contributed by atoms with E-state index in [4.69, 9.17) is 0 Å². The molecule has 0 radical (unpaired) electrons. The summed E-state index contributed by atoms with van der Waals surface area (Å²) in [5, 5.41) is 10.2. The standard InChI is InChI=1S/C64H46/c1-63(2)57-21-9-7-19-50(57)52-30-28-45(37-59(52)63)42-15-11-14-41(33-42)44-25-23-40-27-32-54-55(36-48-26-24-39-13-5-6-18-49(39)61(48)62(54)56(40)35-44)47-17-12-16-43(34-47)46-29-31-53-51-20-8-10-22-58(51)64(3,4)60(53)38-46/h5-38H,1-4H3. The highest BCUT2D eigenvalue weighted by Gasteiger charge is 2.36. The second-order valence-corrected chi connectivity index (χ2v) is 19.3. The van der Waals surface area contributed by atoms with Crippen LogP contribution in [0.5, 0.6) is 0 Å². The van der Waals surface area contributed by atoms with Crippen LogP contribution in [-0.2, 0) is 10.8 Å². The molecule has 0 nitrogen and oxygen atoms in total. The lowest BCUT2D eigenvalue weighted by molar-refractivity contribution is 0.660. The van der Waals surface area contributed by atoms with Crippen molar-refractivity contribution in [3.63, 3.8) is 0 Å². The molecule has 0 heterocycles. The number of hydrogen-bond donors (Lipinski definition) is 0. The molecule has 11 aromatic carbocycles. The predicted molar refractivity (Wildman–Crippen MR) is 273 cm³/mol. The highest BCUT2D eigenvalue weighted by atomic mass is 14.4. The van der Waals surface area contributed by atoms with Gasteiger partial charge in [0.1, 0.15) is 0 Å². The van der Waals surface area contributed by atoms with E-state index < -0.39 is 0 Å². The van der Waals surface area contributed by atoms with Crippen molar-refractivity contribution >= 4 is 43.1 Å². The molecule has 13 rings (SSSR count). The third-order valence-electron chi connectivity index (χ3n) is 15.0. The topological polar surface area (TPSA) is 0 Å². The number of rotatable bonds is 4. The van der Waals surface area contributed by atoms with Gasteiger partial charge in [-0.15, -0.1) is 0 Å². The highest BCUT2D eigenvalue weighted by Crippen LogP contribution is 2.51. The average molecular weight is 815 g/mol. The molecule has 2 aliphatic carbocycles. The minimum atomic E-state index is -0.0515. The quantitative estimate of drug-likeness (QED) is 0.155. The van der Waals surface area contributed by atoms with Gasteiger partial charge >= 0.3 is 0 Å². The molecule has 0 bridgehead atoms. The van der Waals surface area contributed by atoms with Gasteiger partial charge in [0.15, 0.2) is 0 Å². The molecule has 0 saturated carbocycles. The third kappa shape index (κ3) is 5.36. The van der Waals surface area contributed by atoms with Crippen molar-refractivity contribution < 1.29 is 0 Å². The summed E-state index contributed by atoms with van der Waals surface area (Å²) < 4.78 is 0. The Morgan fingerprint density at radius 3 is 1.34 bits per heavy atom. The van der Waals surface area contributed by atoms with Crippen molar-refractivity contribution in [2.24, 2.45) is 0 Å². The first-order valence-electron chi connectivity index (χ1n) is 22.7. The van der Waals surface area contributed by atoms with Crippen LogP contribution in [0.3, 0.4) is 0 Å². The lowest BCUT2D eigenvalue weighted by Crippen LogP contribution is -2.14. The van der Waals surface area contributed by atoms with E-state index in [1.54, 1.807) is 0 Å². The average Bonchev–Trinajstić information content (AvgIpc) is 3.72. The summed E-state index contributed by atoms with van der Waals surface area (Å²) in [7, 11) is 0. The molecule has 0 N–H and O–H groups in total. The molecule has 0 saturated heterocycles. The Kier molecular flexibility index (Phi) is 7.80. The van der Waals surface area contributed by atoms with E-state index in [9.17, 15) is 0 Å². The molecule has 0 spiro atoms. The maximum atomic E-state index is 2.45. The Hall–Kier alpha value is -7.54. The second kappa shape index (κ2) is 13.5. The van der Waals surface area contributed by atoms with Gasteiger partial charge in [0, 0.05) is 10.8 Å². The van der Waals surface area contributed by atoms with E-state index in [0.29, 0.717) is 0 Å². The van der Waals surface area contributed by atoms with Gasteiger partial charge < -0.3 is 0 Å². The summed E-state index contributed by atoms with van der Waals surface area (Å²) in [5.74, 6) is 0. The second-order valence-electron chi connectivity index (χ2n) is 19.3. The maximum absolute atomic E-state index is 2.45. The molecule has 0 aromatic heterocycles. The molecular formula is C64H46. The molecule has 302 valence electrons. The Labute approximate surface area is 375 Å². The summed E-state index contributed by atoms with van der Waals surface area (Å²) in [4.78, 5) is 0. The molecule has 0 heteroatoms. The first-order valence-corrected chi connectivity index (χ1v) is 22.7. The first kappa shape index (κ1) is 37.1. The van der Waals surface area contributed by atoms with Crippen molar-refractivity contribution in [3.05, 3.63) is 229 Å². The van der Waals surface area contributed by atoms with Crippen LogP contribution in [0.2, 0.25) is 0 Å². The van der Waals surface area contributed by atoms with Crippen molar-refractivity contribution in [3.8, 4) is 66.8 Å². The predicted octanol–water partition coefficient (Wildman–Crippen LogP) is 17.6. The zero-order valence-corrected chi connectivity index (χ0v) is 36.6. The van der Waals surface area contributed by atoms with Crippen molar-refractivity contribution in [1.82, 2.24) is 0 Å². The Morgan fingerprint density at radius 2 is 0.688 bits per heavy atom. The van der Waals surface area contributed by atoms with E-state index in [-0.39, 0.29) is 10.8 Å². The van der Waals surface area contributed by atoms with Gasteiger partial charge in [-0.05, 0) is 169 Å². The van der Waals surface area contributed by atoms with Crippen LogP contribution in [0, 0.1) is 0 Å². The summed E-state index contributed by atoms with van der Waals surface area (Å²) in [6.45, 7) is 9.45. The van der Waals surface area contributed by atoms with Gasteiger partial charge in [-0.3, -0.25) is 0 Å². The van der Waals surface area contributed by atoms with Gasteiger partial charge in [0.25, 0.3) is 0 Å². The fourth-order valence-electron chi connectivity index (χ4n) is 11.7. The Balaban J connectivity index is 0.969. The first-order chi connectivity index (χ1) is 31.2. The SMILES string of the molecule is CC1(C)c2ccccc2-c2ccc(-c3cccc(-c4ccc5ccc6c(-c7cccc(-c8ccc9c(c8)C(C)(C)c8ccccc8-9)c7)cc7ccc8ccccc8c7c6c5c4)c3)cc21. The van der Waals surface area contributed by atoms with Crippen LogP contribution >= 0.6 is 0 Å². The monoisotopic (exact) mass is 814 g/mol. The van der Waals surface area contributed by atoms with E-state index in [1.807, 2.05) is 0 Å². The number of hydrogen-bond acceptors (Lipinski definition) is 0. The molecule has 0 fully saturated rings. The fraction of sp³-hybridized carbons (Fsp3) is 0.0938. The van der Waals surface area contributed by atoms with Crippen molar-refractivity contribution in [2.45, 2.75) is 38.5 Å².